The number of nitrogens with one attached hydrogen (secondary N) is 2. The van der Waals surface area contributed by atoms with E-state index in [-0.39, 0.29) is 12.0 Å². The van der Waals surface area contributed by atoms with Gasteiger partial charge in [0.2, 0.25) is 0 Å². The Hall–Kier alpha value is -3.26. The summed E-state index contributed by atoms with van der Waals surface area (Å²) >= 11 is 0. The maximum absolute atomic E-state index is 12.1. The SMILES string of the molecule is Cc1ccn(-c2ccc(Nc3ccc(NC(=O)[C@@H]4CCCO4)cc3)nn2)n1. The van der Waals surface area contributed by atoms with Crippen LogP contribution < -0.4 is 10.6 Å². The molecule has 0 radical (unpaired) electrons. The zero-order chi connectivity index (χ0) is 18.6. The molecule has 0 spiro atoms. The first-order valence-electron chi connectivity index (χ1n) is 8.83. The standard InChI is InChI=1S/C19H20N6O2/c1-13-10-11-25(24-13)18-9-8-17(22-23-18)20-14-4-6-15(7-5-14)21-19(26)16-3-2-12-27-16/h4-11,16H,2-3,12H2,1H3,(H,20,22)(H,21,26)/t16-/m0/s1. The van der Waals surface area contributed by atoms with E-state index in [0.717, 1.165) is 29.9 Å². The summed E-state index contributed by atoms with van der Waals surface area (Å²) in [5.41, 5.74) is 2.50. The molecule has 1 aliphatic heterocycles. The zero-order valence-electron chi connectivity index (χ0n) is 14.9. The van der Waals surface area contributed by atoms with Crippen LogP contribution in [-0.4, -0.2) is 38.6 Å². The number of hydrogen-bond donors (Lipinski definition) is 2. The van der Waals surface area contributed by atoms with Crippen LogP contribution in [0.3, 0.4) is 0 Å². The molecule has 1 fully saturated rings. The first-order chi connectivity index (χ1) is 13.2. The Morgan fingerprint density at radius 1 is 1.11 bits per heavy atom. The van der Waals surface area contributed by atoms with Gasteiger partial charge in [-0.2, -0.15) is 5.10 Å². The van der Waals surface area contributed by atoms with Crippen LogP contribution in [0.2, 0.25) is 0 Å². The van der Waals surface area contributed by atoms with Crippen molar-refractivity contribution in [2.45, 2.75) is 25.9 Å². The Morgan fingerprint density at radius 2 is 1.93 bits per heavy atom. The van der Waals surface area contributed by atoms with Gasteiger partial charge >= 0.3 is 0 Å². The van der Waals surface area contributed by atoms with E-state index in [1.54, 1.807) is 4.68 Å². The highest BCUT2D eigenvalue weighted by Crippen LogP contribution is 2.19. The van der Waals surface area contributed by atoms with Crippen molar-refractivity contribution in [3.05, 3.63) is 54.4 Å². The minimum atomic E-state index is -0.338. The van der Waals surface area contributed by atoms with Crippen molar-refractivity contribution in [3.8, 4) is 5.82 Å². The van der Waals surface area contributed by atoms with Crippen LogP contribution in [0.4, 0.5) is 17.2 Å². The molecule has 1 aromatic carbocycles. The van der Waals surface area contributed by atoms with Crippen molar-refractivity contribution >= 4 is 23.1 Å². The smallest absolute Gasteiger partial charge is 0.253 e. The Kier molecular flexibility index (Phi) is 4.80. The molecule has 2 N–H and O–H groups in total. The quantitative estimate of drug-likeness (QED) is 0.723. The summed E-state index contributed by atoms with van der Waals surface area (Å²) in [7, 11) is 0. The molecule has 8 nitrogen and oxygen atoms in total. The lowest BCUT2D eigenvalue weighted by molar-refractivity contribution is -0.124. The third-order valence-corrected chi connectivity index (χ3v) is 4.25. The van der Waals surface area contributed by atoms with Gasteiger partial charge in [0.05, 0.1) is 5.69 Å². The van der Waals surface area contributed by atoms with Gasteiger partial charge in [-0.1, -0.05) is 0 Å². The molecule has 1 amide bonds. The third kappa shape index (κ3) is 4.12. The summed E-state index contributed by atoms with van der Waals surface area (Å²) in [5, 5.41) is 18.7. The number of hydrogen-bond acceptors (Lipinski definition) is 6. The third-order valence-electron chi connectivity index (χ3n) is 4.25. The zero-order valence-corrected chi connectivity index (χ0v) is 14.9. The fraction of sp³-hybridized carbons (Fsp3) is 0.263. The average molecular weight is 364 g/mol. The summed E-state index contributed by atoms with van der Waals surface area (Å²) < 4.78 is 7.07. The van der Waals surface area contributed by atoms with Gasteiger partial charge in [0.25, 0.3) is 5.91 Å². The van der Waals surface area contributed by atoms with E-state index < -0.39 is 0 Å². The Labute approximate surface area is 156 Å². The molecule has 0 bridgehead atoms. The number of amides is 1. The van der Waals surface area contributed by atoms with E-state index in [2.05, 4.69) is 25.9 Å². The molecule has 2 aromatic heterocycles. The molecule has 3 aromatic rings. The maximum Gasteiger partial charge on any atom is 0.253 e. The number of carbonyl (C=O) groups excluding carboxylic acids is 1. The Bertz CT molecular complexity index is 914. The molecule has 1 aliphatic rings. The van der Waals surface area contributed by atoms with Crippen LogP contribution in [0.15, 0.2) is 48.7 Å². The van der Waals surface area contributed by atoms with Gasteiger partial charge in [0.15, 0.2) is 11.6 Å². The van der Waals surface area contributed by atoms with Gasteiger partial charge in [-0.3, -0.25) is 4.79 Å². The van der Waals surface area contributed by atoms with Crippen molar-refractivity contribution in [3.63, 3.8) is 0 Å². The molecular formula is C19H20N6O2. The van der Waals surface area contributed by atoms with Crippen LogP contribution in [0.5, 0.6) is 0 Å². The van der Waals surface area contributed by atoms with Crippen LogP contribution >= 0.6 is 0 Å². The molecule has 3 heterocycles. The maximum atomic E-state index is 12.1. The largest absolute Gasteiger partial charge is 0.368 e. The summed E-state index contributed by atoms with van der Waals surface area (Å²) in [6, 6.07) is 13.0. The molecule has 0 aliphatic carbocycles. The van der Waals surface area contributed by atoms with Gasteiger partial charge in [-0.25, -0.2) is 4.68 Å². The number of ether oxygens (including phenoxy) is 1. The fourth-order valence-corrected chi connectivity index (χ4v) is 2.85. The number of carbonyl (C=O) groups is 1. The van der Waals surface area contributed by atoms with Crippen LogP contribution in [0.1, 0.15) is 18.5 Å². The van der Waals surface area contributed by atoms with E-state index in [1.165, 1.54) is 0 Å². The van der Waals surface area contributed by atoms with Gasteiger partial charge in [0, 0.05) is 24.2 Å². The van der Waals surface area contributed by atoms with Crippen LogP contribution in [0.25, 0.3) is 5.82 Å². The minimum absolute atomic E-state index is 0.0940. The fourth-order valence-electron chi connectivity index (χ4n) is 2.85. The molecule has 0 saturated carbocycles. The number of anilines is 3. The van der Waals surface area contributed by atoms with Crippen molar-refractivity contribution in [2.75, 3.05) is 17.2 Å². The number of nitrogens with zero attached hydrogens (tertiary/aromatic N) is 4. The lowest BCUT2D eigenvalue weighted by Gasteiger charge is -2.11. The van der Waals surface area contributed by atoms with Crippen LogP contribution in [0, 0.1) is 6.92 Å². The first-order valence-corrected chi connectivity index (χ1v) is 8.83. The van der Waals surface area contributed by atoms with E-state index in [0.29, 0.717) is 18.2 Å². The minimum Gasteiger partial charge on any atom is -0.368 e. The summed E-state index contributed by atoms with van der Waals surface area (Å²) in [6.45, 7) is 2.58. The summed E-state index contributed by atoms with van der Waals surface area (Å²) in [4.78, 5) is 12.1. The van der Waals surface area contributed by atoms with Gasteiger partial charge < -0.3 is 15.4 Å². The second-order valence-electron chi connectivity index (χ2n) is 6.37. The normalized spacial score (nSPS) is 16.3. The van der Waals surface area contributed by atoms with Crippen LogP contribution in [-0.2, 0) is 9.53 Å². The highest BCUT2D eigenvalue weighted by Gasteiger charge is 2.23. The van der Waals surface area contributed by atoms with Gasteiger partial charge in [-0.15, -0.1) is 10.2 Å². The molecule has 138 valence electrons. The summed E-state index contributed by atoms with van der Waals surface area (Å²) in [6.07, 6.45) is 3.21. The molecule has 0 unspecified atom stereocenters. The molecule has 4 rings (SSSR count). The number of aromatic nitrogens is 4. The highest BCUT2D eigenvalue weighted by atomic mass is 16.5. The predicted octanol–water partition coefficient (Wildman–Crippen LogP) is 2.83. The van der Waals surface area contributed by atoms with Gasteiger partial charge in [0.1, 0.15) is 6.10 Å². The van der Waals surface area contributed by atoms with Crippen molar-refractivity contribution in [1.82, 2.24) is 20.0 Å². The highest BCUT2D eigenvalue weighted by molar-refractivity contribution is 5.94. The molecule has 8 heteroatoms. The van der Waals surface area contributed by atoms with E-state index in [4.69, 9.17) is 4.74 Å². The Morgan fingerprint density at radius 3 is 2.56 bits per heavy atom. The van der Waals surface area contributed by atoms with Crippen molar-refractivity contribution in [2.24, 2.45) is 0 Å². The lowest BCUT2D eigenvalue weighted by Crippen LogP contribution is -2.26. The first kappa shape index (κ1) is 17.2. The van der Waals surface area contributed by atoms with E-state index in [1.807, 2.05) is 55.6 Å². The monoisotopic (exact) mass is 364 g/mol. The van der Waals surface area contributed by atoms with E-state index in [9.17, 15) is 4.79 Å². The molecule has 1 atom stereocenters. The lowest BCUT2D eigenvalue weighted by atomic mass is 10.2. The predicted molar refractivity (Wildman–Crippen MR) is 101 cm³/mol. The van der Waals surface area contributed by atoms with E-state index >= 15 is 0 Å². The molecule has 1 saturated heterocycles. The molecule has 27 heavy (non-hydrogen) atoms. The number of rotatable bonds is 5. The Balaban J connectivity index is 1.37. The number of aryl methyl sites for hydroxylation is 1. The second-order valence-corrected chi connectivity index (χ2v) is 6.37. The van der Waals surface area contributed by atoms with Crippen molar-refractivity contribution < 1.29 is 9.53 Å². The number of benzene rings is 1. The second kappa shape index (κ2) is 7.55. The molecular weight excluding hydrogens is 344 g/mol. The summed E-state index contributed by atoms with van der Waals surface area (Å²) in [5.74, 6) is 1.18. The van der Waals surface area contributed by atoms with Gasteiger partial charge in [-0.05, 0) is 62.2 Å². The van der Waals surface area contributed by atoms with Crippen molar-refractivity contribution in [1.29, 1.82) is 0 Å². The average Bonchev–Trinajstić information content (AvgIpc) is 3.36. The topological polar surface area (TPSA) is 94.0 Å².